The van der Waals surface area contributed by atoms with Crippen molar-refractivity contribution in [2.75, 3.05) is 39.6 Å². The topological polar surface area (TPSA) is 121 Å². The fourth-order valence-corrected chi connectivity index (χ4v) is 0. The van der Waals surface area contributed by atoms with E-state index < -0.39 is 0 Å². The average Bonchev–Trinajstić information content (AvgIpc) is 2.67. The molecule has 7 heteroatoms. The van der Waals surface area contributed by atoms with Gasteiger partial charge in [0.2, 0.25) is 0 Å². The van der Waals surface area contributed by atoms with Crippen LogP contribution in [0.15, 0.2) is 0 Å². The number of rotatable bonds is 0. The van der Waals surface area contributed by atoms with Crippen molar-refractivity contribution < 1.29 is 61.8 Å². The van der Waals surface area contributed by atoms with Gasteiger partial charge in [0.25, 0.3) is 0 Å². The van der Waals surface area contributed by atoms with Gasteiger partial charge in [-0.2, -0.15) is 0 Å². The van der Waals surface area contributed by atoms with Crippen LogP contribution in [-0.4, -0.2) is 70.3 Å². The van der Waals surface area contributed by atoms with E-state index in [1.165, 1.54) is 0 Å². The Balaban J connectivity index is -0.0000000581. The number of hydrogen-bond donors (Lipinski definition) is 6. The summed E-state index contributed by atoms with van der Waals surface area (Å²) >= 11 is 0. The molecule has 0 saturated carbocycles. The van der Waals surface area contributed by atoms with Gasteiger partial charge in [-0.25, -0.2) is 0 Å². The van der Waals surface area contributed by atoms with Gasteiger partial charge in [0.05, 0.1) is 0 Å². The van der Waals surface area contributed by atoms with Gasteiger partial charge in [-0.1, -0.05) is 125 Å². The maximum absolute atomic E-state index is 8.40. The van der Waals surface area contributed by atoms with Crippen LogP contribution in [0.3, 0.4) is 0 Å². The molecule has 0 aromatic heterocycles. The molecule has 0 aliphatic heterocycles. The van der Waals surface area contributed by atoms with Crippen molar-refractivity contribution in [2.45, 2.75) is 125 Å². The number of aliphatic hydroxyl groups is 6. The molecule has 0 rings (SSSR count). The predicted octanol–water partition coefficient (Wildman–Crippen LogP) is 6.15. The molecule has 0 bridgehead atoms. The Labute approximate surface area is 257 Å². The van der Waals surface area contributed by atoms with Gasteiger partial charge < -0.3 is 30.6 Å². The molecule has 6 nitrogen and oxygen atoms in total. The van der Waals surface area contributed by atoms with Gasteiger partial charge in [0.15, 0.2) is 0 Å². The quantitative estimate of drug-likeness (QED) is 0.176. The predicted molar refractivity (Wildman–Crippen MR) is 159 cm³/mol. The third-order valence-electron chi connectivity index (χ3n) is 2.85. The molecule has 37 heavy (non-hydrogen) atoms. The Bertz CT molecular complexity index is 317. The Morgan fingerprint density at radius 3 is 0.270 bits per heavy atom. The van der Waals surface area contributed by atoms with Crippen LogP contribution in [0.4, 0.5) is 0 Å². The summed E-state index contributed by atoms with van der Waals surface area (Å²) in [6.07, 6.45) is 0. The minimum atomic E-state index is 0. The molecule has 0 aromatic carbocycles. The van der Waals surface area contributed by atoms with Crippen LogP contribution in [0.2, 0.25) is 0 Å². The maximum atomic E-state index is 8.40. The summed E-state index contributed by atoms with van der Waals surface area (Å²) in [6.45, 7) is 37.5. The Kier molecular flexibility index (Phi) is 37.6. The minimum Gasteiger partial charge on any atom is -0.396 e. The van der Waals surface area contributed by atoms with Crippen LogP contribution < -0.4 is 0 Å². The molecule has 0 fully saturated rings. The van der Waals surface area contributed by atoms with Gasteiger partial charge in [0.1, 0.15) is 0 Å². The summed E-state index contributed by atoms with van der Waals surface area (Å²) in [5.41, 5.74) is 0.583. The molecule has 0 aliphatic carbocycles. The van der Waals surface area contributed by atoms with E-state index in [9.17, 15) is 0 Å². The van der Waals surface area contributed by atoms with Crippen molar-refractivity contribution in [2.24, 2.45) is 32.5 Å². The SMILES string of the molecule is CC(C)(C)CO.CC(C)(C)CO.CC(C)(C)CO.CC(C)(C)CO.CC(C)(C)CO.CC(C)(C)CO.[U]. The average molecular weight is 767 g/mol. The van der Waals surface area contributed by atoms with Crippen molar-refractivity contribution >= 4 is 0 Å². The summed E-state index contributed by atoms with van der Waals surface area (Å²) in [4.78, 5) is 0. The molecule has 0 aromatic rings. The molecule has 232 valence electrons. The third-order valence-corrected chi connectivity index (χ3v) is 2.85. The van der Waals surface area contributed by atoms with Crippen molar-refractivity contribution in [3.8, 4) is 0 Å². The van der Waals surface area contributed by atoms with E-state index in [2.05, 4.69) is 0 Å². The second kappa shape index (κ2) is 25.8. The zero-order valence-corrected chi connectivity index (χ0v) is 32.6. The van der Waals surface area contributed by atoms with Crippen LogP contribution in [0.25, 0.3) is 0 Å². The fourth-order valence-electron chi connectivity index (χ4n) is 0. The first-order valence-corrected chi connectivity index (χ1v) is 13.0. The van der Waals surface area contributed by atoms with Crippen LogP contribution >= 0.6 is 0 Å². The van der Waals surface area contributed by atoms with Crippen LogP contribution in [-0.2, 0) is 0 Å². The molecule has 0 aliphatic rings. The zero-order valence-electron chi connectivity index (χ0n) is 28.4. The molecule has 0 heterocycles. The summed E-state index contributed by atoms with van der Waals surface area (Å²) < 4.78 is 0. The van der Waals surface area contributed by atoms with Gasteiger partial charge >= 0.3 is 0 Å². The van der Waals surface area contributed by atoms with Crippen LogP contribution in [0, 0.1) is 63.6 Å². The van der Waals surface area contributed by atoms with Gasteiger partial charge in [-0.15, -0.1) is 0 Å². The van der Waals surface area contributed by atoms with E-state index in [4.69, 9.17) is 30.6 Å². The molecule has 0 amide bonds. The van der Waals surface area contributed by atoms with Crippen molar-refractivity contribution in [1.82, 2.24) is 0 Å². The smallest absolute Gasteiger partial charge is 0.0479 e. The van der Waals surface area contributed by atoms with Crippen molar-refractivity contribution in [3.63, 3.8) is 0 Å². The first-order chi connectivity index (χ1) is 15.4. The molecule has 0 spiro atoms. The Morgan fingerprint density at radius 2 is 0.270 bits per heavy atom. The van der Waals surface area contributed by atoms with Gasteiger partial charge in [-0.3, -0.25) is 0 Å². The normalized spacial score (nSPS) is 11.7. The second-order valence-electron chi connectivity index (χ2n) is 16.3. The summed E-state index contributed by atoms with van der Waals surface area (Å²) in [7, 11) is 0. The third kappa shape index (κ3) is 126. The van der Waals surface area contributed by atoms with Gasteiger partial charge in [0, 0.05) is 70.8 Å². The van der Waals surface area contributed by atoms with Crippen molar-refractivity contribution in [3.05, 3.63) is 0 Å². The molecule has 0 atom stereocenters. The maximum Gasteiger partial charge on any atom is 0.0479 e. The Morgan fingerprint density at radius 1 is 0.243 bits per heavy atom. The monoisotopic (exact) mass is 767 g/mol. The first-order valence-electron chi connectivity index (χ1n) is 13.0. The van der Waals surface area contributed by atoms with Gasteiger partial charge in [-0.05, 0) is 32.5 Å². The van der Waals surface area contributed by atoms with Crippen LogP contribution in [0.1, 0.15) is 125 Å². The van der Waals surface area contributed by atoms with E-state index in [0.717, 1.165) is 0 Å². The van der Waals surface area contributed by atoms with E-state index in [1.807, 2.05) is 125 Å². The molecular formula is C30H72O6U. The standard InChI is InChI=1S/6C5H12O.U/c6*1-5(2,3)4-6;/h6*6H,4H2,1-3H3;. The summed E-state index contributed by atoms with van der Waals surface area (Å²) in [6, 6.07) is 0. The Hall–Kier alpha value is 0.812. The molecular weight excluding hydrogens is 694 g/mol. The summed E-state index contributed by atoms with van der Waals surface area (Å²) in [5.74, 6) is 0. The molecule has 0 saturated heterocycles. The molecule has 0 unspecified atom stereocenters. The zero-order chi connectivity index (χ0) is 31.2. The molecule has 6 N–H and O–H groups in total. The second-order valence-corrected chi connectivity index (χ2v) is 16.3. The fraction of sp³-hybridized carbons (Fsp3) is 1.00. The van der Waals surface area contributed by atoms with E-state index in [-0.39, 0.29) is 103 Å². The molecule has 0 radical (unpaired) electrons. The summed E-state index contributed by atoms with van der Waals surface area (Å²) in [5, 5.41) is 50.4. The van der Waals surface area contributed by atoms with Crippen molar-refractivity contribution in [1.29, 1.82) is 0 Å². The number of hydrogen-bond acceptors (Lipinski definition) is 6. The number of aliphatic hydroxyl groups excluding tert-OH is 6. The van der Waals surface area contributed by atoms with E-state index in [0.29, 0.717) is 0 Å². The van der Waals surface area contributed by atoms with E-state index >= 15 is 0 Å². The largest absolute Gasteiger partial charge is 0.396 e. The minimum absolute atomic E-state index is 0. The van der Waals surface area contributed by atoms with E-state index in [1.54, 1.807) is 0 Å². The first kappa shape index (κ1) is 54.0. The van der Waals surface area contributed by atoms with Crippen LogP contribution in [0.5, 0.6) is 0 Å².